The maximum atomic E-state index is 14.0. The highest BCUT2D eigenvalue weighted by molar-refractivity contribution is 6.17. The topological polar surface area (TPSA) is 21.1 Å². The van der Waals surface area contributed by atoms with E-state index in [9.17, 15) is 4.39 Å². The standard InChI is InChI=1S/C16H21ClFN3/c1-2-20-10-4-5-12(20)11-21-14-7-3-6-13(18)16(14)19-15(21)8-9-17/h3,6-7,12H,2,4-5,8-11H2,1H3. The number of fused-ring (bicyclic) bond motifs is 1. The van der Waals surface area contributed by atoms with Crippen molar-refractivity contribution in [3.8, 4) is 0 Å². The maximum absolute atomic E-state index is 14.0. The highest BCUT2D eigenvalue weighted by Gasteiger charge is 2.25. The largest absolute Gasteiger partial charge is 0.326 e. The third-order valence-electron chi connectivity index (χ3n) is 4.43. The van der Waals surface area contributed by atoms with Crippen LogP contribution in [0.25, 0.3) is 11.0 Å². The van der Waals surface area contributed by atoms with Crippen molar-refractivity contribution in [2.75, 3.05) is 19.0 Å². The second-order valence-corrected chi connectivity index (χ2v) is 5.99. The van der Waals surface area contributed by atoms with Crippen LogP contribution < -0.4 is 0 Å². The summed E-state index contributed by atoms with van der Waals surface area (Å²) < 4.78 is 16.1. The number of halogens is 2. The average Bonchev–Trinajstić information content (AvgIpc) is 3.06. The molecule has 3 rings (SSSR count). The summed E-state index contributed by atoms with van der Waals surface area (Å²) >= 11 is 5.89. The zero-order valence-electron chi connectivity index (χ0n) is 12.4. The van der Waals surface area contributed by atoms with Crippen molar-refractivity contribution in [2.45, 2.75) is 38.8 Å². The summed E-state index contributed by atoms with van der Waals surface area (Å²) in [6.45, 7) is 5.30. The lowest BCUT2D eigenvalue weighted by Gasteiger charge is -2.24. The number of imidazole rings is 1. The fourth-order valence-corrected chi connectivity index (χ4v) is 3.54. The molecule has 1 saturated heterocycles. The molecule has 0 spiro atoms. The Morgan fingerprint density at radius 2 is 2.29 bits per heavy atom. The summed E-state index contributed by atoms with van der Waals surface area (Å²) in [4.78, 5) is 6.98. The number of nitrogens with zero attached hydrogens (tertiary/aromatic N) is 3. The third-order valence-corrected chi connectivity index (χ3v) is 4.61. The molecule has 1 atom stereocenters. The molecule has 0 N–H and O–H groups in total. The van der Waals surface area contributed by atoms with Crippen LogP contribution in [0.1, 0.15) is 25.6 Å². The molecule has 1 aromatic carbocycles. The second kappa shape index (κ2) is 6.32. The van der Waals surface area contributed by atoms with Gasteiger partial charge in [0.05, 0.1) is 5.52 Å². The Kier molecular flexibility index (Phi) is 4.45. The summed E-state index contributed by atoms with van der Waals surface area (Å²) in [5.74, 6) is 1.15. The minimum atomic E-state index is -0.249. The number of alkyl halides is 1. The van der Waals surface area contributed by atoms with E-state index in [2.05, 4.69) is 21.4 Å². The lowest BCUT2D eigenvalue weighted by molar-refractivity contribution is 0.244. The second-order valence-electron chi connectivity index (χ2n) is 5.61. The highest BCUT2D eigenvalue weighted by atomic mass is 35.5. The quantitative estimate of drug-likeness (QED) is 0.789. The maximum Gasteiger partial charge on any atom is 0.151 e. The van der Waals surface area contributed by atoms with Crippen LogP contribution in [0, 0.1) is 5.82 Å². The van der Waals surface area contributed by atoms with Crippen LogP contribution in [0.4, 0.5) is 4.39 Å². The van der Waals surface area contributed by atoms with Crippen molar-refractivity contribution < 1.29 is 4.39 Å². The van der Waals surface area contributed by atoms with Gasteiger partial charge in [-0.25, -0.2) is 9.37 Å². The minimum absolute atomic E-state index is 0.249. The van der Waals surface area contributed by atoms with Gasteiger partial charge in [0.2, 0.25) is 0 Å². The van der Waals surface area contributed by atoms with E-state index in [0.717, 1.165) is 31.0 Å². The first-order chi connectivity index (χ1) is 10.2. The van der Waals surface area contributed by atoms with E-state index in [0.29, 0.717) is 23.9 Å². The molecule has 0 aliphatic carbocycles. The van der Waals surface area contributed by atoms with Crippen molar-refractivity contribution >= 4 is 22.6 Å². The number of likely N-dealkylation sites (N-methyl/N-ethyl adjacent to an activating group) is 1. The van der Waals surface area contributed by atoms with Crippen molar-refractivity contribution in [2.24, 2.45) is 0 Å². The predicted octanol–water partition coefficient (Wildman–Crippen LogP) is 3.44. The first-order valence-corrected chi connectivity index (χ1v) is 8.21. The Labute approximate surface area is 129 Å². The van der Waals surface area contributed by atoms with Gasteiger partial charge in [-0.2, -0.15) is 0 Å². The van der Waals surface area contributed by atoms with E-state index in [1.807, 2.05) is 6.07 Å². The Bertz CT molecular complexity index is 625. The predicted molar refractivity (Wildman–Crippen MR) is 84.4 cm³/mol. The number of aromatic nitrogens is 2. The molecule has 1 fully saturated rings. The van der Waals surface area contributed by atoms with Crippen LogP contribution >= 0.6 is 11.6 Å². The molecule has 1 aliphatic rings. The lowest BCUT2D eigenvalue weighted by atomic mass is 10.2. The number of para-hydroxylation sites is 1. The third kappa shape index (κ3) is 2.79. The van der Waals surface area contributed by atoms with E-state index >= 15 is 0 Å². The van der Waals surface area contributed by atoms with Gasteiger partial charge in [0, 0.05) is 24.9 Å². The van der Waals surface area contributed by atoms with Crippen LogP contribution in [-0.4, -0.2) is 39.5 Å². The molecule has 21 heavy (non-hydrogen) atoms. The van der Waals surface area contributed by atoms with Crippen LogP contribution in [0.2, 0.25) is 0 Å². The van der Waals surface area contributed by atoms with E-state index in [1.54, 1.807) is 6.07 Å². The van der Waals surface area contributed by atoms with Crippen LogP contribution in [0.5, 0.6) is 0 Å². The summed E-state index contributed by atoms with van der Waals surface area (Å²) in [6.07, 6.45) is 3.11. The fraction of sp³-hybridized carbons (Fsp3) is 0.562. The molecular weight excluding hydrogens is 289 g/mol. The summed E-state index contributed by atoms with van der Waals surface area (Å²) in [5.41, 5.74) is 1.36. The highest BCUT2D eigenvalue weighted by Crippen LogP contribution is 2.24. The van der Waals surface area contributed by atoms with E-state index < -0.39 is 0 Å². The first kappa shape index (κ1) is 14.8. The summed E-state index contributed by atoms with van der Waals surface area (Å²) in [7, 11) is 0. The van der Waals surface area contributed by atoms with Gasteiger partial charge in [-0.1, -0.05) is 13.0 Å². The van der Waals surface area contributed by atoms with Gasteiger partial charge < -0.3 is 4.57 Å². The molecule has 0 amide bonds. The van der Waals surface area contributed by atoms with Crippen molar-refractivity contribution in [1.82, 2.24) is 14.5 Å². The molecule has 3 nitrogen and oxygen atoms in total. The number of benzene rings is 1. The summed E-state index contributed by atoms with van der Waals surface area (Å²) in [6, 6.07) is 5.70. The van der Waals surface area contributed by atoms with Gasteiger partial charge in [-0.05, 0) is 38.1 Å². The average molecular weight is 310 g/mol. The molecule has 0 saturated carbocycles. The van der Waals surface area contributed by atoms with E-state index in [-0.39, 0.29) is 5.82 Å². The van der Waals surface area contributed by atoms with E-state index in [4.69, 9.17) is 11.6 Å². The minimum Gasteiger partial charge on any atom is -0.326 e. The van der Waals surface area contributed by atoms with Crippen LogP contribution in [-0.2, 0) is 13.0 Å². The molecule has 0 bridgehead atoms. The van der Waals surface area contributed by atoms with Crippen molar-refractivity contribution in [3.63, 3.8) is 0 Å². The Balaban J connectivity index is 1.99. The number of hydrogen-bond donors (Lipinski definition) is 0. The molecule has 1 unspecified atom stereocenters. The monoisotopic (exact) mass is 309 g/mol. The molecule has 2 aromatic rings. The normalized spacial score (nSPS) is 19.7. The number of likely N-dealkylation sites (tertiary alicyclic amines) is 1. The van der Waals surface area contributed by atoms with E-state index in [1.165, 1.54) is 18.9 Å². The molecule has 2 heterocycles. The van der Waals surface area contributed by atoms with Crippen LogP contribution in [0.3, 0.4) is 0 Å². The molecule has 1 aromatic heterocycles. The SMILES string of the molecule is CCN1CCCC1Cn1c(CCCl)nc2c(F)cccc21. The van der Waals surface area contributed by atoms with Gasteiger partial charge in [0.1, 0.15) is 11.3 Å². The molecular formula is C16H21ClFN3. The van der Waals surface area contributed by atoms with Crippen molar-refractivity contribution in [1.29, 1.82) is 0 Å². The van der Waals surface area contributed by atoms with Gasteiger partial charge in [0.25, 0.3) is 0 Å². The number of aryl methyl sites for hydroxylation is 1. The molecule has 1 aliphatic heterocycles. The van der Waals surface area contributed by atoms with Crippen molar-refractivity contribution in [3.05, 3.63) is 29.8 Å². The smallest absolute Gasteiger partial charge is 0.151 e. The van der Waals surface area contributed by atoms with Gasteiger partial charge >= 0.3 is 0 Å². The number of rotatable bonds is 5. The first-order valence-electron chi connectivity index (χ1n) is 7.68. The zero-order valence-corrected chi connectivity index (χ0v) is 13.1. The lowest BCUT2D eigenvalue weighted by Crippen LogP contribution is -2.33. The fourth-order valence-electron chi connectivity index (χ4n) is 3.37. The van der Waals surface area contributed by atoms with Crippen LogP contribution in [0.15, 0.2) is 18.2 Å². The van der Waals surface area contributed by atoms with Gasteiger partial charge in [-0.15, -0.1) is 11.6 Å². The Hall–Kier alpha value is -1.13. The van der Waals surface area contributed by atoms with Gasteiger partial charge in [-0.3, -0.25) is 4.90 Å². The zero-order chi connectivity index (χ0) is 14.8. The molecule has 5 heteroatoms. The molecule has 0 radical (unpaired) electrons. The number of hydrogen-bond acceptors (Lipinski definition) is 2. The molecule has 114 valence electrons. The Morgan fingerprint density at radius 1 is 1.43 bits per heavy atom. The van der Waals surface area contributed by atoms with Gasteiger partial charge in [0.15, 0.2) is 5.82 Å². The Morgan fingerprint density at radius 3 is 3.05 bits per heavy atom. The summed E-state index contributed by atoms with van der Waals surface area (Å²) in [5, 5.41) is 0.